The van der Waals surface area contributed by atoms with E-state index in [0.29, 0.717) is 6.04 Å². The summed E-state index contributed by atoms with van der Waals surface area (Å²) < 4.78 is 15.1. The highest BCUT2D eigenvalue weighted by molar-refractivity contribution is 8.09. The van der Waals surface area contributed by atoms with Gasteiger partial charge >= 0.3 is 0 Å². The fourth-order valence-electron chi connectivity index (χ4n) is 5.31. The molecule has 1 heterocycles. The van der Waals surface area contributed by atoms with E-state index in [1.54, 1.807) is 11.9 Å². The van der Waals surface area contributed by atoms with Gasteiger partial charge in [-0.1, -0.05) is 12.1 Å². The average molecular weight is 305 g/mol. The SMILES string of the molecule is O=S1c2ccccc2SN1C1C2CC3CC(C2)CC1C3. The van der Waals surface area contributed by atoms with E-state index in [2.05, 4.69) is 15.8 Å². The Morgan fingerprint density at radius 3 is 2.30 bits per heavy atom. The van der Waals surface area contributed by atoms with Crippen molar-refractivity contribution in [1.29, 1.82) is 0 Å². The van der Waals surface area contributed by atoms with Crippen LogP contribution in [0.2, 0.25) is 0 Å². The third-order valence-electron chi connectivity index (χ3n) is 5.81. The van der Waals surface area contributed by atoms with Gasteiger partial charge in [0.25, 0.3) is 0 Å². The van der Waals surface area contributed by atoms with Crippen LogP contribution in [-0.4, -0.2) is 14.0 Å². The molecule has 1 aliphatic heterocycles. The third-order valence-corrected chi connectivity index (χ3v) is 8.85. The van der Waals surface area contributed by atoms with Crippen molar-refractivity contribution in [3.8, 4) is 0 Å². The number of rotatable bonds is 1. The van der Waals surface area contributed by atoms with Gasteiger partial charge in [0.2, 0.25) is 0 Å². The van der Waals surface area contributed by atoms with Crippen molar-refractivity contribution in [3.63, 3.8) is 0 Å². The van der Waals surface area contributed by atoms with Crippen LogP contribution in [0.4, 0.5) is 0 Å². The van der Waals surface area contributed by atoms with Gasteiger partial charge < -0.3 is 0 Å². The molecule has 0 spiro atoms. The Bertz CT molecular complexity index is 560. The molecule has 4 fully saturated rings. The van der Waals surface area contributed by atoms with Crippen molar-refractivity contribution in [2.75, 3.05) is 0 Å². The molecule has 4 heteroatoms. The second-order valence-electron chi connectivity index (χ2n) is 6.99. The van der Waals surface area contributed by atoms with Gasteiger partial charge in [-0.2, -0.15) is 3.71 Å². The fraction of sp³-hybridized carbons (Fsp3) is 0.625. The first-order chi connectivity index (χ1) is 9.79. The summed E-state index contributed by atoms with van der Waals surface area (Å²) in [5.74, 6) is 3.57. The Kier molecular flexibility index (Phi) is 2.66. The molecule has 1 unspecified atom stereocenters. The van der Waals surface area contributed by atoms with Crippen LogP contribution < -0.4 is 0 Å². The highest BCUT2D eigenvalue weighted by Gasteiger charge is 2.52. The van der Waals surface area contributed by atoms with Gasteiger partial charge in [-0.25, -0.2) is 4.21 Å². The lowest BCUT2D eigenvalue weighted by molar-refractivity contribution is -0.0212. The van der Waals surface area contributed by atoms with Gasteiger partial charge in [0.05, 0.1) is 4.90 Å². The quantitative estimate of drug-likeness (QED) is 0.734. The minimum absolute atomic E-state index is 0.557. The number of hydrogen-bond acceptors (Lipinski definition) is 2. The standard InChI is InChI=1S/C16H19NOS2/c18-20-15-4-2-1-3-14(15)19-17(20)16-12-6-10-5-11(8-12)9-13(16)7-10/h1-4,10-13,16H,5-9H2. The van der Waals surface area contributed by atoms with E-state index in [1.165, 1.54) is 37.0 Å². The molecule has 1 aromatic carbocycles. The molecule has 4 aliphatic carbocycles. The second kappa shape index (κ2) is 4.34. The maximum absolute atomic E-state index is 12.8. The van der Waals surface area contributed by atoms with Crippen LogP contribution in [0.3, 0.4) is 0 Å². The molecule has 0 radical (unpaired) electrons. The van der Waals surface area contributed by atoms with Crippen LogP contribution in [0.25, 0.3) is 0 Å². The Morgan fingerprint density at radius 1 is 1.00 bits per heavy atom. The molecule has 6 rings (SSSR count). The van der Waals surface area contributed by atoms with Gasteiger partial charge in [0, 0.05) is 10.9 Å². The zero-order chi connectivity index (χ0) is 13.3. The lowest BCUT2D eigenvalue weighted by atomic mass is 9.54. The van der Waals surface area contributed by atoms with E-state index in [9.17, 15) is 4.21 Å². The molecule has 2 nitrogen and oxygen atoms in total. The number of hydrogen-bond donors (Lipinski definition) is 0. The van der Waals surface area contributed by atoms with Crippen molar-refractivity contribution in [2.45, 2.75) is 47.9 Å². The molecule has 1 aromatic rings. The molecule has 5 aliphatic rings. The Hall–Kier alpha value is -0.320. The molecule has 0 aromatic heterocycles. The maximum Gasteiger partial charge on any atom is 0.139 e. The minimum Gasteiger partial charge on any atom is -0.236 e. The summed E-state index contributed by atoms with van der Waals surface area (Å²) >= 11 is 1.76. The predicted molar refractivity (Wildman–Crippen MR) is 81.4 cm³/mol. The summed E-state index contributed by atoms with van der Waals surface area (Å²) in [6.45, 7) is 0. The van der Waals surface area contributed by atoms with E-state index < -0.39 is 11.0 Å². The van der Waals surface area contributed by atoms with Gasteiger partial charge in [-0.15, -0.1) is 0 Å². The molecule has 0 N–H and O–H groups in total. The molecule has 1 atom stereocenters. The van der Waals surface area contributed by atoms with E-state index in [0.717, 1.165) is 28.6 Å². The monoisotopic (exact) mass is 305 g/mol. The van der Waals surface area contributed by atoms with Crippen molar-refractivity contribution in [3.05, 3.63) is 24.3 Å². The molecule has 0 saturated heterocycles. The zero-order valence-electron chi connectivity index (χ0n) is 11.4. The molecule has 4 saturated carbocycles. The van der Waals surface area contributed by atoms with Gasteiger partial charge in [0.1, 0.15) is 11.0 Å². The second-order valence-corrected chi connectivity index (χ2v) is 9.57. The fourth-order valence-corrected chi connectivity index (χ4v) is 8.54. The van der Waals surface area contributed by atoms with E-state index in [-0.39, 0.29) is 0 Å². The Morgan fingerprint density at radius 2 is 1.65 bits per heavy atom. The van der Waals surface area contributed by atoms with Gasteiger partial charge in [-0.05, 0) is 79.9 Å². The van der Waals surface area contributed by atoms with Crippen molar-refractivity contribution < 1.29 is 4.21 Å². The first-order valence-electron chi connectivity index (χ1n) is 7.77. The summed E-state index contributed by atoms with van der Waals surface area (Å²) in [4.78, 5) is 2.24. The number of fused-ring (bicyclic) bond motifs is 1. The topological polar surface area (TPSA) is 20.3 Å². The molecule has 4 bridgehead atoms. The predicted octanol–water partition coefficient (Wildman–Crippen LogP) is 3.86. The van der Waals surface area contributed by atoms with Gasteiger partial charge in [-0.3, -0.25) is 0 Å². The zero-order valence-corrected chi connectivity index (χ0v) is 13.0. The van der Waals surface area contributed by atoms with E-state index in [1.807, 2.05) is 12.1 Å². The molecular formula is C16H19NOS2. The van der Waals surface area contributed by atoms with Crippen LogP contribution in [0.1, 0.15) is 32.1 Å². The first-order valence-corrected chi connectivity index (χ1v) is 9.65. The van der Waals surface area contributed by atoms with Crippen LogP contribution in [-0.2, 0) is 11.0 Å². The summed E-state index contributed by atoms with van der Waals surface area (Å²) in [6, 6.07) is 8.78. The number of benzene rings is 1. The highest BCUT2D eigenvalue weighted by atomic mass is 32.2. The average Bonchev–Trinajstić information content (AvgIpc) is 2.76. The summed E-state index contributed by atoms with van der Waals surface area (Å²) in [6.07, 6.45) is 7.05. The van der Waals surface area contributed by atoms with Crippen LogP contribution in [0, 0.1) is 23.7 Å². The lowest BCUT2D eigenvalue weighted by Crippen LogP contribution is -2.53. The summed E-state index contributed by atoms with van der Waals surface area (Å²) in [7, 11) is -0.942. The Labute approximate surface area is 127 Å². The molecular weight excluding hydrogens is 286 g/mol. The van der Waals surface area contributed by atoms with Crippen LogP contribution in [0.15, 0.2) is 34.1 Å². The maximum atomic E-state index is 12.8. The molecule has 20 heavy (non-hydrogen) atoms. The molecule has 0 amide bonds. The largest absolute Gasteiger partial charge is 0.236 e. The highest BCUT2D eigenvalue weighted by Crippen LogP contribution is 2.58. The number of nitrogens with zero attached hydrogens (tertiary/aromatic N) is 1. The lowest BCUT2D eigenvalue weighted by Gasteiger charge is -2.55. The summed E-state index contributed by atoms with van der Waals surface area (Å²) in [5, 5.41) is 0. The summed E-state index contributed by atoms with van der Waals surface area (Å²) in [5.41, 5.74) is 0. The van der Waals surface area contributed by atoms with Crippen molar-refractivity contribution in [1.82, 2.24) is 3.71 Å². The smallest absolute Gasteiger partial charge is 0.139 e. The van der Waals surface area contributed by atoms with Crippen molar-refractivity contribution in [2.24, 2.45) is 23.7 Å². The third kappa shape index (κ3) is 1.65. The molecule has 106 valence electrons. The van der Waals surface area contributed by atoms with E-state index in [4.69, 9.17) is 0 Å². The van der Waals surface area contributed by atoms with E-state index >= 15 is 0 Å². The van der Waals surface area contributed by atoms with Crippen LogP contribution in [0.5, 0.6) is 0 Å². The minimum atomic E-state index is -0.942. The van der Waals surface area contributed by atoms with Crippen LogP contribution >= 0.6 is 11.9 Å². The normalized spacial score (nSPS) is 45.8. The first kappa shape index (κ1) is 12.2. The Balaban J connectivity index is 1.49. The van der Waals surface area contributed by atoms with Gasteiger partial charge in [0.15, 0.2) is 0 Å². The van der Waals surface area contributed by atoms with Crippen molar-refractivity contribution >= 4 is 22.9 Å².